The van der Waals surface area contributed by atoms with Gasteiger partial charge in [0.1, 0.15) is 0 Å². The molecule has 9 aromatic rings. The predicted octanol–water partition coefficient (Wildman–Crippen LogP) is 12.9. The third kappa shape index (κ3) is 5.07. The highest BCUT2D eigenvalue weighted by molar-refractivity contribution is 6.17. The summed E-state index contributed by atoms with van der Waals surface area (Å²) in [5.41, 5.74) is 17.7. The highest BCUT2D eigenvalue weighted by Crippen LogP contribution is 2.50. The Kier molecular flexibility index (Phi) is 7.16. The van der Waals surface area contributed by atoms with Crippen molar-refractivity contribution in [3.8, 4) is 67.7 Å². The summed E-state index contributed by atoms with van der Waals surface area (Å²) in [6, 6.07) is 64.6. The molecule has 0 amide bonds. The second-order valence-electron chi connectivity index (χ2n) is 13.9. The van der Waals surface area contributed by atoms with Gasteiger partial charge in [0, 0.05) is 33.5 Å². The predicted molar refractivity (Wildman–Crippen MR) is 218 cm³/mol. The molecule has 0 aliphatic heterocycles. The van der Waals surface area contributed by atoms with Crippen LogP contribution in [0.4, 0.5) is 0 Å². The Labute approximate surface area is 308 Å². The van der Waals surface area contributed by atoms with Gasteiger partial charge in [-0.3, -0.25) is 0 Å². The van der Waals surface area contributed by atoms with Gasteiger partial charge < -0.3 is 4.57 Å². The molecule has 0 spiro atoms. The number of aromatic nitrogens is 2. The minimum Gasteiger partial charge on any atom is -0.309 e. The molecule has 0 N–H and O–H groups in total. The molecule has 7 aromatic carbocycles. The van der Waals surface area contributed by atoms with E-state index in [0.29, 0.717) is 11.5 Å². The van der Waals surface area contributed by atoms with Crippen molar-refractivity contribution < 1.29 is 0 Å². The number of hydrogen-bond acceptors (Lipinski definition) is 2. The number of benzene rings is 7. The first-order chi connectivity index (χ1) is 26.1. The Bertz CT molecular complexity index is 2840. The van der Waals surface area contributed by atoms with Crippen LogP contribution in [-0.4, -0.2) is 9.55 Å². The zero-order valence-electron chi connectivity index (χ0n) is 29.2. The van der Waals surface area contributed by atoms with E-state index in [2.05, 4.69) is 163 Å². The van der Waals surface area contributed by atoms with Gasteiger partial charge in [-0.15, -0.1) is 0 Å². The van der Waals surface area contributed by atoms with E-state index in [1.165, 1.54) is 38.5 Å². The normalized spacial score (nSPS) is 13.2. The summed E-state index contributed by atoms with van der Waals surface area (Å²) in [5, 5.41) is 12.1. The molecule has 53 heavy (non-hydrogen) atoms. The third-order valence-corrected chi connectivity index (χ3v) is 10.9. The first kappa shape index (κ1) is 30.8. The van der Waals surface area contributed by atoms with E-state index in [4.69, 9.17) is 4.98 Å². The van der Waals surface area contributed by atoms with Crippen LogP contribution in [0.1, 0.15) is 29.5 Å². The molecule has 0 saturated heterocycles. The molecule has 0 bridgehead atoms. The smallest absolute Gasteiger partial charge is 0.0991 e. The molecule has 10 rings (SSSR count). The molecule has 0 fully saturated rings. The summed E-state index contributed by atoms with van der Waals surface area (Å²) in [7, 11) is 0. The fourth-order valence-electron chi connectivity index (χ4n) is 8.30. The Balaban J connectivity index is 1.26. The van der Waals surface area contributed by atoms with Gasteiger partial charge in [-0.05, 0) is 99.1 Å². The van der Waals surface area contributed by atoms with Crippen LogP contribution in [0.5, 0.6) is 0 Å². The van der Waals surface area contributed by atoms with Crippen molar-refractivity contribution in [2.24, 2.45) is 0 Å². The lowest BCUT2D eigenvalue weighted by Gasteiger charge is -2.16. The zero-order chi connectivity index (χ0) is 35.5. The highest BCUT2D eigenvalue weighted by Gasteiger charge is 2.29. The fraction of sp³-hybridized carbons (Fsp3) is 0.0400. The molecule has 1 atom stereocenters. The molecule has 0 radical (unpaired) electrons. The number of nitriles is 1. The molecule has 1 unspecified atom stereocenters. The zero-order valence-corrected chi connectivity index (χ0v) is 29.2. The maximum absolute atomic E-state index is 9.58. The first-order valence-corrected chi connectivity index (χ1v) is 18.1. The molecule has 1 aliphatic rings. The second-order valence-corrected chi connectivity index (χ2v) is 13.9. The number of para-hydroxylation sites is 1. The van der Waals surface area contributed by atoms with E-state index in [9.17, 15) is 5.26 Å². The van der Waals surface area contributed by atoms with Gasteiger partial charge in [0.05, 0.1) is 34.1 Å². The summed E-state index contributed by atoms with van der Waals surface area (Å²) in [4.78, 5) is 5.34. The monoisotopic (exact) mass is 675 g/mol. The average molecular weight is 676 g/mol. The summed E-state index contributed by atoms with van der Waals surface area (Å²) in [5.74, 6) is 0.334. The third-order valence-electron chi connectivity index (χ3n) is 10.9. The van der Waals surface area contributed by atoms with Crippen LogP contribution in [0, 0.1) is 11.3 Å². The van der Waals surface area contributed by atoms with Gasteiger partial charge in [-0.25, -0.2) is 4.98 Å². The Morgan fingerprint density at radius 2 is 1.13 bits per heavy atom. The molecular weight excluding hydrogens is 643 g/mol. The van der Waals surface area contributed by atoms with Crippen LogP contribution < -0.4 is 0 Å². The van der Waals surface area contributed by atoms with Gasteiger partial charge in [0.25, 0.3) is 0 Å². The summed E-state index contributed by atoms with van der Waals surface area (Å²) in [6.07, 6.45) is 0. The largest absolute Gasteiger partial charge is 0.309 e. The number of hydrogen-bond donors (Lipinski definition) is 0. The number of fused-ring (bicyclic) bond motifs is 7. The minimum atomic E-state index is 0.334. The lowest BCUT2D eigenvalue weighted by atomic mass is 9.96. The maximum Gasteiger partial charge on any atom is 0.0991 e. The van der Waals surface area contributed by atoms with Crippen LogP contribution in [-0.2, 0) is 0 Å². The lowest BCUT2D eigenvalue weighted by molar-refractivity contribution is 0.957. The van der Waals surface area contributed by atoms with E-state index in [1.807, 2.05) is 30.3 Å². The molecule has 248 valence electrons. The molecule has 1 aliphatic carbocycles. The molecule has 2 heterocycles. The molecule has 2 aromatic heterocycles. The van der Waals surface area contributed by atoms with Crippen LogP contribution in [0.15, 0.2) is 176 Å². The van der Waals surface area contributed by atoms with Gasteiger partial charge in [-0.1, -0.05) is 128 Å². The van der Waals surface area contributed by atoms with E-state index in [0.717, 1.165) is 56.0 Å². The van der Waals surface area contributed by atoms with Crippen molar-refractivity contribution >= 4 is 21.8 Å². The molecule has 3 nitrogen and oxygen atoms in total. The summed E-state index contributed by atoms with van der Waals surface area (Å²) < 4.78 is 2.42. The lowest BCUT2D eigenvalue weighted by Crippen LogP contribution is -1.98. The van der Waals surface area contributed by atoms with Crippen molar-refractivity contribution in [2.75, 3.05) is 0 Å². The average Bonchev–Trinajstić information content (AvgIpc) is 3.73. The maximum atomic E-state index is 9.58. The van der Waals surface area contributed by atoms with Crippen molar-refractivity contribution in [1.82, 2.24) is 9.55 Å². The first-order valence-electron chi connectivity index (χ1n) is 18.1. The van der Waals surface area contributed by atoms with Crippen molar-refractivity contribution in [3.63, 3.8) is 0 Å². The van der Waals surface area contributed by atoms with Crippen molar-refractivity contribution in [2.45, 2.75) is 12.8 Å². The van der Waals surface area contributed by atoms with Gasteiger partial charge in [0.2, 0.25) is 0 Å². The van der Waals surface area contributed by atoms with Crippen LogP contribution in [0.2, 0.25) is 0 Å². The van der Waals surface area contributed by atoms with Crippen molar-refractivity contribution in [3.05, 3.63) is 193 Å². The van der Waals surface area contributed by atoms with E-state index in [-0.39, 0.29) is 0 Å². The van der Waals surface area contributed by atoms with Crippen LogP contribution >= 0.6 is 0 Å². The molecule has 3 heteroatoms. The molecular formula is C50H33N3. The number of rotatable bonds is 5. The van der Waals surface area contributed by atoms with Crippen molar-refractivity contribution in [1.29, 1.82) is 5.26 Å². The highest BCUT2D eigenvalue weighted by atomic mass is 15.0. The van der Waals surface area contributed by atoms with E-state index >= 15 is 0 Å². The number of nitrogens with zero attached hydrogens (tertiary/aromatic N) is 3. The Morgan fingerprint density at radius 3 is 1.91 bits per heavy atom. The standard InChI is InChI=1S/C50H33N3/c1-32-41-16-8-9-17-43(41)49-42(32)24-25-48-50(49)44-18-10-11-19-47(44)53(48)40-27-37(35-22-20-33(31-51)21-23-35)26-39(28-40)46-30-38(34-12-4-2-5-13-34)29-45(52-46)36-14-6-3-7-15-36/h2-30,32H,1H3. The van der Waals surface area contributed by atoms with Gasteiger partial charge in [-0.2, -0.15) is 5.26 Å². The van der Waals surface area contributed by atoms with Gasteiger partial charge >= 0.3 is 0 Å². The van der Waals surface area contributed by atoms with Crippen LogP contribution in [0.25, 0.3) is 83.4 Å². The van der Waals surface area contributed by atoms with E-state index in [1.54, 1.807) is 0 Å². The Morgan fingerprint density at radius 1 is 0.509 bits per heavy atom. The molecule has 0 saturated carbocycles. The minimum absolute atomic E-state index is 0.334. The topological polar surface area (TPSA) is 41.6 Å². The van der Waals surface area contributed by atoms with Crippen LogP contribution in [0.3, 0.4) is 0 Å². The number of pyridine rings is 1. The fourth-order valence-corrected chi connectivity index (χ4v) is 8.30. The SMILES string of the molecule is CC1c2ccccc2-c2c1ccc1c2c2ccccc2n1-c1cc(-c2ccc(C#N)cc2)cc(-c2cc(-c3ccccc3)cc(-c3ccccc3)n2)c1. The Hall–Kier alpha value is -7.02. The van der Waals surface area contributed by atoms with E-state index < -0.39 is 0 Å². The van der Waals surface area contributed by atoms with Gasteiger partial charge in [0.15, 0.2) is 0 Å². The summed E-state index contributed by atoms with van der Waals surface area (Å²) >= 11 is 0. The summed E-state index contributed by atoms with van der Waals surface area (Å²) in [6.45, 7) is 2.32. The quantitative estimate of drug-likeness (QED) is 0.182. The second kappa shape index (κ2) is 12.3.